The van der Waals surface area contributed by atoms with Crippen molar-refractivity contribution in [2.75, 3.05) is 6.54 Å². The minimum absolute atomic E-state index is 0.168. The van der Waals surface area contributed by atoms with Gasteiger partial charge in [-0.25, -0.2) is 0 Å². The SMILES string of the molecule is CCCCNC(=O)c1nn(-c2ccc(Br)cc2)c(=O)cc1O. The number of carbonyl (C=O) groups excluding carboxylic acids is 1. The Morgan fingerprint density at radius 3 is 2.68 bits per heavy atom. The first-order valence-electron chi connectivity index (χ1n) is 6.90. The van der Waals surface area contributed by atoms with Crippen molar-refractivity contribution >= 4 is 21.8 Å². The van der Waals surface area contributed by atoms with E-state index in [1.165, 1.54) is 0 Å². The van der Waals surface area contributed by atoms with Gasteiger partial charge in [0.2, 0.25) is 0 Å². The summed E-state index contributed by atoms with van der Waals surface area (Å²) in [5, 5.41) is 16.4. The number of nitrogens with zero attached hydrogens (tertiary/aromatic N) is 2. The second kappa shape index (κ2) is 7.22. The molecule has 2 rings (SSSR count). The molecule has 1 aromatic carbocycles. The summed E-state index contributed by atoms with van der Waals surface area (Å²) in [6.45, 7) is 2.50. The number of rotatable bonds is 5. The second-order valence-electron chi connectivity index (χ2n) is 4.71. The zero-order valence-electron chi connectivity index (χ0n) is 12.0. The quantitative estimate of drug-likeness (QED) is 0.795. The zero-order chi connectivity index (χ0) is 16.1. The maximum atomic E-state index is 12.0. The van der Waals surface area contributed by atoms with Gasteiger partial charge in [-0.3, -0.25) is 9.59 Å². The fraction of sp³-hybridized carbons (Fsp3) is 0.267. The van der Waals surface area contributed by atoms with Gasteiger partial charge in [0.05, 0.1) is 5.69 Å². The molecule has 6 nitrogen and oxygen atoms in total. The molecular weight excluding hydrogens is 350 g/mol. The van der Waals surface area contributed by atoms with Crippen molar-refractivity contribution in [3.05, 3.63) is 50.9 Å². The van der Waals surface area contributed by atoms with E-state index in [4.69, 9.17) is 0 Å². The Morgan fingerprint density at radius 2 is 2.05 bits per heavy atom. The van der Waals surface area contributed by atoms with Crippen molar-refractivity contribution in [3.63, 3.8) is 0 Å². The van der Waals surface area contributed by atoms with E-state index in [2.05, 4.69) is 26.3 Å². The first kappa shape index (κ1) is 16.2. The Kier molecular flexibility index (Phi) is 5.32. The molecule has 1 aromatic heterocycles. The lowest BCUT2D eigenvalue weighted by Gasteiger charge is -2.09. The lowest BCUT2D eigenvalue weighted by atomic mass is 10.3. The van der Waals surface area contributed by atoms with Crippen molar-refractivity contribution in [2.24, 2.45) is 0 Å². The van der Waals surface area contributed by atoms with Crippen LogP contribution in [0.5, 0.6) is 5.75 Å². The number of halogens is 1. The molecule has 0 saturated heterocycles. The van der Waals surface area contributed by atoms with Crippen LogP contribution in [0.25, 0.3) is 5.69 Å². The van der Waals surface area contributed by atoms with Gasteiger partial charge in [0.25, 0.3) is 11.5 Å². The fourth-order valence-electron chi connectivity index (χ4n) is 1.84. The number of aromatic hydroxyl groups is 1. The van der Waals surface area contributed by atoms with E-state index < -0.39 is 17.2 Å². The molecule has 116 valence electrons. The van der Waals surface area contributed by atoms with Gasteiger partial charge in [-0.15, -0.1) is 0 Å². The van der Waals surface area contributed by atoms with Crippen LogP contribution in [0.4, 0.5) is 0 Å². The molecule has 0 radical (unpaired) electrons. The third kappa shape index (κ3) is 3.73. The van der Waals surface area contributed by atoms with E-state index in [1.807, 2.05) is 6.92 Å². The van der Waals surface area contributed by atoms with E-state index in [9.17, 15) is 14.7 Å². The summed E-state index contributed by atoms with van der Waals surface area (Å²) in [7, 11) is 0. The minimum Gasteiger partial charge on any atom is -0.505 e. The lowest BCUT2D eigenvalue weighted by molar-refractivity contribution is 0.0943. The molecule has 0 spiro atoms. The van der Waals surface area contributed by atoms with Crippen molar-refractivity contribution < 1.29 is 9.90 Å². The van der Waals surface area contributed by atoms with Gasteiger partial charge in [-0.2, -0.15) is 9.78 Å². The van der Waals surface area contributed by atoms with Crippen LogP contribution in [0, 0.1) is 0 Å². The first-order valence-corrected chi connectivity index (χ1v) is 7.69. The minimum atomic E-state index is -0.509. The molecule has 0 aliphatic carbocycles. The Morgan fingerprint density at radius 1 is 1.36 bits per heavy atom. The normalized spacial score (nSPS) is 10.5. The van der Waals surface area contributed by atoms with Crippen LogP contribution in [0.15, 0.2) is 39.6 Å². The average Bonchev–Trinajstić information content (AvgIpc) is 2.48. The Labute approximate surface area is 135 Å². The largest absolute Gasteiger partial charge is 0.505 e. The van der Waals surface area contributed by atoms with Gasteiger partial charge in [-0.1, -0.05) is 29.3 Å². The number of unbranched alkanes of at least 4 members (excludes halogenated alkanes) is 1. The summed E-state index contributed by atoms with van der Waals surface area (Å²) in [6.07, 6.45) is 1.77. The van der Waals surface area contributed by atoms with E-state index in [1.54, 1.807) is 24.3 Å². The number of hydrogen-bond acceptors (Lipinski definition) is 4. The average molecular weight is 366 g/mol. The van der Waals surface area contributed by atoms with Crippen LogP contribution in [-0.2, 0) is 0 Å². The number of amides is 1. The van der Waals surface area contributed by atoms with Gasteiger partial charge < -0.3 is 10.4 Å². The predicted molar refractivity (Wildman–Crippen MR) is 86.4 cm³/mol. The van der Waals surface area contributed by atoms with E-state index in [0.29, 0.717) is 12.2 Å². The number of nitrogens with one attached hydrogen (secondary N) is 1. The molecule has 1 heterocycles. The highest BCUT2D eigenvalue weighted by atomic mass is 79.9. The molecule has 0 unspecified atom stereocenters. The van der Waals surface area contributed by atoms with Crippen LogP contribution in [0.2, 0.25) is 0 Å². The van der Waals surface area contributed by atoms with Crippen LogP contribution in [-0.4, -0.2) is 27.3 Å². The zero-order valence-corrected chi connectivity index (χ0v) is 13.6. The van der Waals surface area contributed by atoms with Gasteiger partial charge in [0.15, 0.2) is 11.4 Å². The Bertz CT molecular complexity index is 726. The maximum absolute atomic E-state index is 12.0. The molecule has 2 aromatic rings. The topological polar surface area (TPSA) is 84.2 Å². The van der Waals surface area contributed by atoms with Crippen molar-refractivity contribution in [1.82, 2.24) is 15.1 Å². The summed E-state index contributed by atoms with van der Waals surface area (Å²) in [4.78, 5) is 24.0. The summed E-state index contributed by atoms with van der Waals surface area (Å²) >= 11 is 3.31. The molecule has 0 fully saturated rings. The van der Waals surface area contributed by atoms with Crippen LogP contribution >= 0.6 is 15.9 Å². The Balaban J connectivity index is 2.36. The summed E-state index contributed by atoms with van der Waals surface area (Å²) in [5.74, 6) is -0.927. The molecule has 2 N–H and O–H groups in total. The van der Waals surface area contributed by atoms with Crippen LogP contribution < -0.4 is 10.9 Å². The highest BCUT2D eigenvalue weighted by molar-refractivity contribution is 9.10. The van der Waals surface area contributed by atoms with Crippen molar-refractivity contribution in [3.8, 4) is 11.4 Å². The standard InChI is InChI=1S/C15H16BrN3O3/c1-2-3-8-17-15(22)14-12(20)9-13(21)19(18-14)11-6-4-10(16)5-7-11/h4-7,9,20H,2-3,8H2,1H3,(H,17,22). The molecule has 0 atom stereocenters. The summed E-state index contributed by atoms with van der Waals surface area (Å²) in [6, 6.07) is 7.89. The molecule has 1 amide bonds. The number of hydrogen-bond donors (Lipinski definition) is 2. The smallest absolute Gasteiger partial charge is 0.275 e. The van der Waals surface area contributed by atoms with E-state index in [0.717, 1.165) is 28.1 Å². The van der Waals surface area contributed by atoms with Crippen LogP contribution in [0.1, 0.15) is 30.3 Å². The van der Waals surface area contributed by atoms with Crippen molar-refractivity contribution in [1.29, 1.82) is 0 Å². The van der Waals surface area contributed by atoms with E-state index >= 15 is 0 Å². The molecule has 0 aliphatic heterocycles. The first-order chi connectivity index (χ1) is 10.5. The third-order valence-corrected chi connectivity index (χ3v) is 3.54. The summed E-state index contributed by atoms with van der Waals surface area (Å²) in [5.41, 5.74) is -0.167. The highest BCUT2D eigenvalue weighted by Gasteiger charge is 2.16. The van der Waals surface area contributed by atoms with Crippen molar-refractivity contribution in [2.45, 2.75) is 19.8 Å². The van der Waals surface area contributed by atoms with Crippen LogP contribution in [0.3, 0.4) is 0 Å². The molecule has 7 heteroatoms. The van der Waals surface area contributed by atoms with Gasteiger partial charge in [-0.05, 0) is 30.7 Å². The van der Waals surface area contributed by atoms with Gasteiger partial charge >= 0.3 is 0 Å². The molecular formula is C15H16BrN3O3. The van der Waals surface area contributed by atoms with Gasteiger partial charge in [0.1, 0.15) is 0 Å². The Hall–Kier alpha value is -2.15. The molecule has 0 saturated carbocycles. The number of carbonyl (C=O) groups is 1. The lowest BCUT2D eigenvalue weighted by Crippen LogP contribution is -2.29. The highest BCUT2D eigenvalue weighted by Crippen LogP contribution is 2.15. The monoisotopic (exact) mass is 365 g/mol. The number of aromatic nitrogens is 2. The second-order valence-corrected chi connectivity index (χ2v) is 5.63. The third-order valence-electron chi connectivity index (χ3n) is 3.01. The molecule has 0 aliphatic rings. The maximum Gasteiger partial charge on any atom is 0.275 e. The predicted octanol–water partition coefficient (Wildman–Crippen LogP) is 2.23. The van der Waals surface area contributed by atoms with Gasteiger partial charge in [0, 0.05) is 17.1 Å². The number of benzene rings is 1. The fourth-order valence-corrected chi connectivity index (χ4v) is 2.10. The summed E-state index contributed by atoms with van der Waals surface area (Å²) < 4.78 is 1.95. The van der Waals surface area contributed by atoms with E-state index in [-0.39, 0.29) is 5.69 Å². The molecule has 0 bridgehead atoms. The molecule has 22 heavy (non-hydrogen) atoms.